The second kappa shape index (κ2) is 7.48. The summed E-state index contributed by atoms with van der Waals surface area (Å²) in [5.41, 5.74) is 6.80. The van der Waals surface area contributed by atoms with Crippen LogP contribution in [0.3, 0.4) is 0 Å². The van der Waals surface area contributed by atoms with Crippen molar-refractivity contribution in [3.63, 3.8) is 0 Å². The van der Waals surface area contributed by atoms with E-state index in [4.69, 9.17) is 5.73 Å². The number of para-hydroxylation sites is 1. The zero-order valence-corrected chi connectivity index (χ0v) is 12.1. The van der Waals surface area contributed by atoms with Crippen LogP contribution in [0.15, 0.2) is 30.3 Å². The fourth-order valence-electron chi connectivity index (χ4n) is 2.20. The molecule has 1 aliphatic rings. The van der Waals surface area contributed by atoms with Gasteiger partial charge in [-0.25, -0.2) is 0 Å². The van der Waals surface area contributed by atoms with Gasteiger partial charge in [0, 0.05) is 31.9 Å². The lowest BCUT2D eigenvalue weighted by Gasteiger charge is -2.30. The first-order valence-electron chi connectivity index (χ1n) is 6.46. The highest BCUT2D eigenvalue weighted by Gasteiger charge is 2.20. The SMILES string of the molecule is CN(C(=O)CN1CCC(N)CC1)c1ccccc1.Cl. The maximum absolute atomic E-state index is 12.1. The van der Waals surface area contributed by atoms with Crippen LogP contribution in [0, 0.1) is 0 Å². The molecule has 5 heteroatoms. The third-order valence-corrected chi connectivity index (χ3v) is 3.51. The van der Waals surface area contributed by atoms with E-state index in [-0.39, 0.29) is 18.3 Å². The maximum Gasteiger partial charge on any atom is 0.240 e. The number of piperidine rings is 1. The number of hydrogen-bond donors (Lipinski definition) is 1. The smallest absolute Gasteiger partial charge is 0.240 e. The van der Waals surface area contributed by atoms with Crippen molar-refractivity contribution in [2.24, 2.45) is 5.73 Å². The van der Waals surface area contributed by atoms with Gasteiger partial charge >= 0.3 is 0 Å². The van der Waals surface area contributed by atoms with Crippen molar-refractivity contribution in [2.45, 2.75) is 18.9 Å². The molecule has 1 fully saturated rings. The third-order valence-electron chi connectivity index (χ3n) is 3.51. The van der Waals surface area contributed by atoms with Crippen molar-refractivity contribution < 1.29 is 4.79 Å². The minimum atomic E-state index is 0. The largest absolute Gasteiger partial charge is 0.328 e. The molecule has 0 aromatic heterocycles. The van der Waals surface area contributed by atoms with Crippen molar-refractivity contribution >= 4 is 24.0 Å². The van der Waals surface area contributed by atoms with E-state index in [0.29, 0.717) is 12.6 Å². The van der Waals surface area contributed by atoms with Gasteiger partial charge in [-0.2, -0.15) is 0 Å². The van der Waals surface area contributed by atoms with Crippen LogP contribution in [-0.4, -0.2) is 43.5 Å². The summed E-state index contributed by atoms with van der Waals surface area (Å²) in [7, 11) is 1.83. The normalized spacial score (nSPS) is 16.7. The summed E-state index contributed by atoms with van der Waals surface area (Å²) >= 11 is 0. The molecule has 1 saturated heterocycles. The number of carbonyl (C=O) groups excluding carboxylic acids is 1. The number of benzene rings is 1. The van der Waals surface area contributed by atoms with E-state index in [0.717, 1.165) is 31.6 Å². The Kier molecular flexibility index (Phi) is 6.28. The number of amides is 1. The monoisotopic (exact) mass is 283 g/mol. The Bertz CT molecular complexity index is 391. The molecule has 0 spiro atoms. The molecule has 19 heavy (non-hydrogen) atoms. The molecule has 1 aromatic rings. The molecule has 1 aromatic carbocycles. The lowest BCUT2D eigenvalue weighted by molar-refractivity contribution is -0.119. The van der Waals surface area contributed by atoms with Crippen molar-refractivity contribution in [1.29, 1.82) is 0 Å². The second-order valence-corrected chi connectivity index (χ2v) is 4.90. The molecule has 2 N–H and O–H groups in total. The van der Waals surface area contributed by atoms with E-state index >= 15 is 0 Å². The minimum Gasteiger partial charge on any atom is -0.328 e. The summed E-state index contributed by atoms with van der Waals surface area (Å²) in [5.74, 6) is 0.136. The van der Waals surface area contributed by atoms with Gasteiger partial charge in [0.2, 0.25) is 5.91 Å². The van der Waals surface area contributed by atoms with Gasteiger partial charge in [0.05, 0.1) is 6.54 Å². The van der Waals surface area contributed by atoms with E-state index in [2.05, 4.69) is 4.90 Å². The average molecular weight is 284 g/mol. The predicted octanol–water partition coefficient (Wildman–Crippen LogP) is 1.49. The molecule has 106 valence electrons. The predicted molar refractivity (Wildman–Crippen MR) is 80.7 cm³/mol. The molecule has 0 radical (unpaired) electrons. The number of likely N-dealkylation sites (tertiary alicyclic amines) is 1. The minimum absolute atomic E-state index is 0. The van der Waals surface area contributed by atoms with Crippen LogP contribution >= 0.6 is 12.4 Å². The molecular weight excluding hydrogens is 262 g/mol. The molecule has 4 nitrogen and oxygen atoms in total. The third kappa shape index (κ3) is 4.49. The fourth-order valence-corrected chi connectivity index (χ4v) is 2.20. The number of hydrogen-bond acceptors (Lipinski definition) is 3. The van der Waals surface area contributed by atoms with Gasteiger partial charge < -0.3 is 10.6 Å². The molecular formula is C14H22ClN3O. The van der Waals surface area contributed by atoms with Crippen LogP contribution in [0.2, 0.25) is 0 Å². The van der Waals surface area contributed by atoms with Crippen LogP contribution in [-0.2, 0) is 4.79 Å². The average Bonchev–Trinajstić information content (AvgIpc) is 2.41. The van der Waals surface area contributed by atoms with E-state index < -0.39 is 0 Å². The van der Waals surface area contributed by atoms with Crippen LogP contribution in [0.4, 0.5) is 5.69 Å². The highest BCUT2D eigenvalue weighted by molar-refractivity contribution is 5.94. The van der Waals surface area contributed by atoms with E-state index in [1.165, 1.54) is 0 Å². The molecule has 1 aliphatic heterocycles. The summed E-state index contributed by atoms with van der Waals surface area (Å²) in [4.78, 5) is 16.0. The van der Waals surface area contributed by atoms with Crippen LogP contribution < -0.4 is 10.6 Å². The molecule has 0 atom stereocenters. The first-order chi connectivity index (χ1) is 8.66. The lowest BCUT2D eigenvalue weighted by atomic mass is 10.1. The van der Waals surface area contributed by atoms with Gasteiger partial charge in [-0.3, -0.25) is 9.69 Å². The van der Waals surface area contributed by atoms with Gasteiger partial charge in [0.1, 0.15) is 0 Å². The van der Waals surface area contributed by atoms with Crippen molar-refractivity contribution in [3.05, 3.63) is 30.3 Å². The highest BCUT2D eigenvalue weighted by atomic mass is 35.5. The van der Waals surface area contributed by atoms with Gasteiger partial charge in [-0.15, -0.1) is 12.4 Å². The first-order valence-corrected chi connectivity index (χ1v) is 6.46. The zero-order chi connectivity index (χ0) is 13.0. The number of likely N-dealkylation sites (N-methyl/N-ethyl adjacent to an activating group) is 1. The molecule has 0 bridgehead atoms. The Morgan fingerprint density at radius 1 is 1.32 bits per heavy atom. The lowest BCUT2D eigenvalue weighted by Crippen LogP contribution is -2.45. The molecule has 0 aliphatic carbocycles. The van der Waals surface area contributed by atoms with E-state index in [1.54, 1.807) is 4.90 Å². The summed E-state index contributed by atoms with van der Waals surface area (Å²) in [6.07, 6.45) is 1.98. The first kappa shape index (κ1) is 16.0. The molecule has 2 rings (SSSR count). The Morgan fingerprint density at radius 2 is 1.89 bits per heavy atom. The number of halogens is 1. The van der Waals surface area contributed by atoms with Crippen molar-refractivity contribution in [3.8, 4) is 0 Å². The van der Waals surface area contributed by atoms with Gasteiger partial charge in [-0.1, -0.05) is 18.2 Å². The van der Waals surface area contributed by atoms with E-state index in [9.17, 15) is 4.79 Å². The molecule has 0 unspecified atom stereocenters. The standard InChI is InChI=1S/C14H21N3O.ClH/c1-16(13-5-3-2-4-6-13)14(18)11-17-9-7-12(15)8-10-17;/h2-6,12H,7-11,15H2,1H3;1H. The van der Waals surface area contributed by atoms with E-state index in [1.807, 2.05) is 37.4 Å². The van der Waals surface area contributed by atoms with Crippen molar-refractivity contribution in [2.75, 3.05) is 31.6 Å². The number of anilines is 1. The van der Waals surface area contributed by atoms with Gasteiger partial charge in [-0.05, 0) is 25.0 Å². The Labute approximate surface area is 121 Å². The number of nitrogens with zero attached hydrogens (tertiary/aromatic N) is 2. The zero-order valence-electron chi connectivity index (χ0n) is 11.3. The second-order valence-electron chi connectivity index (χ2n) is 4.90. The Morgan fingerprint density at radius 3 is 2.47 bits per heavy atom. The van der Waals surface area contributed by atoms with Crippen LogP contribution in [0.1, 0.15) is 12.8 Å². The Hall–Kier alpha value is -1.10. The summed E-state index contributed by atoms with van der Waals surface area (Å²) in [5, 5.41) is 0. The summed E-state index contributed by atoms with van der Waals surface area (Å²) in [6.45, 7) is 2.34. The Balaban J connectivity index is 0.00000180. The molecule has 1 amide bonds. The van der Waals surface area contributed by atoms with Crippen molar-refractivity contribution in [1.82, 2.24) is 4.90 Å². The highest BCUT2D eigenvalue weighted by Crippen LogP contribution is 2.13. The quantitative estimate of drug-likeness (QED) is 0.914. The summed E-state index contributed by atoms with van der Waals surface area (Å²) in [6, 6.07) is 10.0. The molecule has 0 saturated carbocycles. The summed E-state index contributed by atoms with van der Waals surface area (Å²) < 4.78 is 0. The van der Waals surface area contributed by atoms with Crippen LogP contribution in [0.5, 0.6) is 0 Å². The molecule has 1 heterocycles. The topological polar surface area (TPSA) is 49.6 Å². The maximum atomic E-state index is 12.1. The number of carbonyl (C=O) groups is 1. The van der Waals surface area contributed by atoms with Gasteiger partial charge in [0.25, 0.3) is 0 Å². The fraction of sp³-hybridized carbons (Fsp3) is 0.500. The van der Waals surface area contributed by atoms with Crippen LogP contribution in [0.25, 0.3) is 0 Å². The van der Waals surface area contributed by atoms with Gasteiger partial charge in [0.15, 0.2) is 0 Å². The number of nitrogens with two attached hydrogens (primary N) is 1. The number of rotatable bonds is 3.